The molecular formula is C11H13ClN2O. The second kappa shape index (κ2) is 5.59. The van der Waals surface area contributed by atoms with Crippen LogP contribution in [0.5, 0.6) is 5.75 Å². The van der Waals surface area contributed by atoms with Crippen molar-refractivity contribution < 1.29 is 4.74 Å². The molecule has 4 heteroatoms. The first kappa shape index (κ1) is 11.8. The van der Waals surface area contributed by atoms with Crippen LogP contribution >= 0.6 is 11.6 Å². The summed E-state index contributed by atoms with van der Waals surface area (Å²) in [6.07, 6.45) is 0.0421. The molecule has 0 radical (unpaired) electrons. The summed E-state index contributed by atoms with van der Waals surface area (Å²) < 4.78 is 5.58. The SMILES string of the molecule is CNCC(C)Oc1ccc(C#N)cc1Cl. The molecule has 0 aliphatic carbocycles. The Morgan fingerprint density at radius 2 is 2.33 bits per heavy atom. The minimum atomic E-state index is 0.0421. The van der Waals surface area contributed by atoms with Crippen molar-refractivity contribution in [2.75, 3.05) is 13.6 Å². The Morgan fingerprint density at radius 3 is 2.87 bits per heavy atom. The first-order valence-electron chi connectivity index (χ1n) is 4.68. The molecule has 0 fully saturated rings. The summed E-state index contributed by atoms with van der Waals surface area (Å²) in [5, 5.41) is 12.1. The Labute approximate surface area is 94.6 Å². The van der Waals surface area contributed by atoms with Crippen LogP contribution < -0.4 is 10.1 Å². The minimum absolute atomic E-state index is 0.0421. The highest BCUT2D eigenvalue weighted by atomic mass is 35.5. The predicted molar refractivity (Wildman–Crippen MR) is 60.2 cm³/mol. The Hall–Kier alpha value is -1.24. The highest BCUT2D eigenvalue weighted by Crippen LogP contribution is 2.25. The zero-order chi connectivity index (χ0) is 11.3. The molecule has 0 aromatic heterocycles. The molecule has 1 rings (SSSR count). The van der Waals surface area contributed by atoms with Gasteiger partial charge in [-0.2, -0.15) is 5.26 Å². The molecule has 1 atom stereocenters. The number of benzene rings is 1. The van der Waals surface area contributed by atoms with Crippen LogP contribution in [0.3, 0.4) is 0 Å². The van der Waals surface area contributed by atoms with Crippen LogP contribution in [0.25, 0.3) is 0 Å². The number of nitrogens with zero attached hydrogens (tertiary/aromatic N) is 1. The molecule has 1 aromatic carbocycles. The summed E-state index contributed by atoms with van der Waals surface area (Å²) in [6, 6.07) is 7.02. The van der Waals surface area contributed by atoms with Crippen LogP contribution in [-0.2, 0) is 0 Å². The lowest BCUT2D eigenvalue weighted by atomic mass is 10.2. The fourth-order valence-electron chi connectivity index (χ4n) is 1.21. The summed E-state index contributed by atoms with van der Waals surface area (Å²) in [7, 11) is 1.86. The third-order valence-electron chi connectivity index (χ3n) is 1.88. The molecule has 1 unspecified atom stereocenters. The number of likely N-dealkylation sites (N-methyl/N-ethyl adjacent to an activating group) is 1. The van der Waals surface area contributed by atoms with Crippen molar-refractivity contribution in [3.8, 4) is 11.8 Å². The Kier molecular flexibility index (Phi) is 4.41. The predicted octanol–water partition coefficient (Wildman–Crippen LogP) is 2.20. The van der Waals surface area contributed by atoms with E-state index in [0.29, 0.717) is 16.3 Å². The van der Waals surface area contributed by atoms with Gasteiger partial charge in [0.2, 0.25) is 0 Å². The Balaban J connectivity index is 2.74. The third kappa shape index (κ3) is 3.43. The summed E-state index contributed by atoms with van der Waals surface area (Å²) in [5.74, 6) is 0.610. The number of hydrogen-bond donors (Lipinski definition) is 1. The average molecular weight is 225 g/mol. The molecule has 15 heavy (non-hydrogen) atoms. The van der Waals surface area contributed by atoms with Gasteiger partial charge >= 0.3 is 0 Å². The summed E-state index contributed by atoms with van der Waals surface area (Å²) >= 11 is 5.96. The van der Waals surface area contributed by atoms with E-state index >= 15 is 0 Å². The maximum Gasteiger partial charge on any atom is 0.138 e. The van der Waals surface area contributed by atoms with Gasteiger partial charge in [0.05, 0.1) is 16.7 Å². The molecule has 0 bridgehead atoms. The van der Waals surface area contributed by atoms with Crippen molar-refractivity contribution >= 4 is 11.6 Å². The monoisotopic (exact) mass is 224 g/mol. The van der Waals surface area contributed by atoms with Crippen LogP contribution in [0.1, 0.15) is 12.5 Å². The molecule has 0 saturated heterocycles. The first-order chi connectivity index (χ1) is 7.17. The van der Waals surface area contributed by atoms with Crippen molar-refractivity contribution in [1.82, 2.24) is 5.32 Å². The number of hydrogen-bond acceptors (Lipinski definition) is 3. The molecule has 0 heterocycles. The van der Waals surface area contributed by atoms with Gasteiger partial charge in [0.1, 0.15) is 11.9 Å². The van der Waals surface area contributed by atoms with Gasteiger partial charge in [-0.3, -0.25) is 0 Å². The van der Waals surface area contributed by atoms with Gasteiger partial charge in [0, 0.05) is 6.54 Å². The zero-order valence-electron chi connectivity index (χ0n) is 8.75. The smallest absolute Gasteiger partial charge is 0.138 e. The van der Waals surface area contributed by atoms with Gasteiger partial charge in [-0.05, 0) is 32.2 Å². The van der Waals surface area contributed by atoms with E-state index in [2.05, 4.69) is 5.32 Å². The normalized spacial score (nSPS) is 11.9. The molecule has 0 spiro atoms. The van der Waals surface area contributed by atoms with E-state index in [4.69, 9.17) is 21.6 Å². The number of nitrogens with one attached hydrogen (secondary N) is 1. The third-order valence-corrected chi connectivity index (χ3v) is 2.18. The van der Waals surface area contributed by atoms with Crippen LogP contribution in [0.15, 0.2) is 18.2 Å². The second-order valence-electron chi connectivity index (χ2n) is 3.24. The van der Waals surface area contributed by atoms with Crippen LogP contribution in [0.2, 0.25) is 5.02 Å². The van der Waals surface area contributed by atoms with Crippen LogP contribution in [-0.4, -0.2) is 19.7 Å². The molecule has 80 valence electrons. The Bertz CT molecular complexity index is 373. The van der Waals surface area contributed by atoms with Crippen LogP contribution in [0.4, 0.5) is 0 Å². The molecule has 0 amide bonds. The highest BCUT2D eigenvalue weighted by molar-refractivity contribution is 6.32. The van der Waals surface area contributed by atoms with Gasteiger partial charge in [-0.1, -0.05) is 11.6 Å². The average Bonchev–Trinajstić information content (AvgIpc) is 2.21. The second-order valence-corrected chi connectivity index (χ2v) is 3.65. The molecule has 1 aromatic rings. The van der Waals surface area contributed by atoms with E-state index in [1.165, 1.54) is 0 Å². The minimum Gasteiger partial charge on any atom is -0.488 e. The van der Waals surface area contributed by atoms with Gasteiger partial charge in [0.15, 0.2) is 0 Å². The summed E-state index contributed by atoms with van der Waals surface area (Å²) in [5.41, 5.74) is 0.536. The zero-order valence-corrected chi connectivity index (χ0v) is 9.51. The van der Waals surface area contributed by atoms with E-state index in [1.807, 2.05) is 20.0 Å². The lowest BCUT2D eigenvalue weighted by Gasteiger charge is -2.15. The molecule has 1 N–H and O–H groups in total. The molecule has 3 nitrogen and oxygen atoms in total. The van der Waals surface area contributed by atoms with E-state index in [1.54, 1.807) is 18.2 Å². The lowest BCUT2D eigenvalue weighted by Crippen LogP contribution is -2.26. The fraction of sp³-hybridized carbons (Fsp3) is 0.364. The Morgan fingerprint density at radius 1 is 1.60 bits per heavy atom. The highest BCUT2D eigenvalue weighted by Gasteiger charge is 2.07. The maximum absolute atomic E-state index is 8.66. The molecule has 0 saturated carbocycles. The summed E-state index contributed by atoms with van der Waals surface area (Å²) in [6.45, 7) is 2.70. The number of nitriles is 1. The van der Waals surface area contributed by atoms with Gasteiger partial charge < -0.3 is 10.1 Å². The van der Waals surface area contributed by atoms with Crippen molar-refractivity contribution in [3.63, 3.8) is 0 Å². The van der Waals surface area contributed by atoms with Crippen molar-refractivity contribution in [3.05, 3.63) is 28.8 Å². The fourth-order valence-corrected chi connectivity index (χ4v) is 1.44. The van der Waals surface area contributed by atoms with Crippen molar-refractivity contribution in [1.29, 1.82) is 5.26 Å². The molecule has 0 aliphatic heterocycles. The molecule has 0 aliphatic rings. The van der Waals surface area contributed by atoms with Gasteiger partial charge in [0.25, 0.3) is 0 Å². The largest absolute Gasteiger partial charge is 0.488 e. The number of rotatable bonds is 4. The van der Waals surface area contributed by atoms with E-state index in [9.17, 15) is 0 Å². The van der Waals surface area contributed by atoms with Crippen LogP contribution in [0, 0.1) is 11.3 Å². The number of ether oxygens (including phenoxy) is 1. The topological polar surface area (TPSA) is 45.0 Å². The van der Waals surface area contributed by atoms with E-state index in [0.717, 1.165) is 6.54 Å². The summed E-state index contributed by atoms with van der Waals surface area (Å²) in [4.78, 5) is 0. The molecular weight excluding hydrogens is 212 g/mol. The maximum atomic E-state index is 8.66. The van der Waals surface area contributed by atoms with E-state index in [-0.39, 0.29) is 6.10 Å². The first-order valence-corrected chi connectivity index (χ1v) is 5.06. The van der Waals surface area contributed by atoms with Gasteiger partial charge in [-0.15, -0.1) is 0 Å². The number of halogens is 1. The quantitative estimate of drug-likeness (QED) is 0.853. The lowest BCUT2D eigenvalue weighted by molar-refractivity contribution is 0.221. The van der Waals surface area contributed by atoms with Crippen molar-refractivity contribution in [2.24, 2.45) is 0 Å². The van der Waals surface area contributed by atoms with Gasteiger partial charge in [-0.25, -0.2) is 0 Å². The standard InChI is InChI=1S/C11H13ClN2O/c1-8(7-14-2)15-11-4-3-9(6-13)5-10(11)12/h3-5,8,14H,7H2,1-2H3. The van der Waals surface area contributed by atoms with E-state index < -0.39 is 0 Å². The van der Waals surface area contributed by atoms with Crippen molar-refractivity contribution in [2.45, 2.75) is 13.0 Å².